The number of ether oxygens (including phenoxy) is 3. The molecular formula is C24H20ClN3O5S. The van der Waals surface area contributed by atoms with E-state index in [-0.39, 0.29) is 16.2 Å². The maximum atomic E-state index is 13.3. The highest BCUT2D eigenvalue weighted by Gasteiger charge is 2.15. The van der Waals surface area contributed by atoms with E-state index in [0.717, 1.165) is 0 Å². The monoisotopic (exact) mass is 497 g/mol. The molecule has 0 aliphatic carbocycles. The van der Waals surface area contributed by atoms with Gasteiger partial charge < -0.3 is 24.5 Å². The fourth-order valence-corrected chi connectivity index (χ4v) is 4.04. The van der Waals surface area contributed by atoms with Crippen LogP contribution in [0.3, 0.4) is 0 Å². The Kier molecular flexibility index (Phi) is 6.58. The van der Waals surface area contributed by atoms with Crippen molar-refractivity contribution in [2.24, 2.45) is 0 Å². The Labute approximate surface area is 204 Å². The highest BCUT2D eigenvalue weighted by atomic mass is 35.5. The van der Waals surface area contributed by atoms with Gasteiger partial charge in [-0.3, -0.25) is 9.59 Å². The number of anilines is 1. The van der Waals surface area contributed by atoms with E-state index in [1.54, 1.807) is 61.7 Å². The summed E-state index contributed by atoms with van der Waals surface area (Å²) in [6.45, 7) is 0. The van der Waals surface area contributed by atoms with Crippen LogP contribution < -0.4 is 25.1 Å². The maximum Gasteiger partial charge on any atom is 0.266 e. The highest BCUT2D eigenvalue weighted by Crippen LogP contribution is 2.29. The Bertz CT molecular complexity index is 1530. The lowest BCUT2D eigenvalue weighted by Crippen LogP contribution is -2.21. The SMILES string of the molecule is COc1ccc(-n2c(=S)[nH]c3cc(C(=O)Nc4ccc(OC)c(Cl)c4)ccc3c2=O)c(OC)c1. The Balaban J connectivity index is 1.73. The lowest BCUT2D eigenvalue weighted by molar-refractivity contribution is 0.102. The van der Waals surface area contributed by atoms with Crippen LogP contribution in [0.25, 0.3) is 16.6 Å². The quantitative estimate of drug-likeness (QED) is 0.365. The molecule has 34 heavy (non-hydrogen) atoms. The standard InChI is InChI=1S/C24H20ClN3O5S/c1-31-15-6-8-19(21(12-15)33-3)28-23(30)16-7-4-13(10-18(16)27-24(28)34)22(29)26-14-5-9-20(32-2)17(25)11-14/h4-12H,1-3H3,(H,26,29)(H,27,34). The zero-order valence-electron chi connectivity index (χ0n) is 18.5. The number of carbonyl (C=O) groups excluding carboxylic acids is 1. The minimum atomic E-state index is -0.372. The summed E-state index contributed by atoms with van der Waals surface area (Å²) in [5.74, 6) is 1.14. The van der Waals surface area contributed by atoms with Crippen molar-refractivity contribution in [3.8, 4) is 22.9 Å². The van der Waals surface area contributed by atoms with Crippen molar-refractivity contribution < 1.29 is 19.0 Å². The molecule has 10 heteroatoms. The van der Waals surface area contributed by atoms with Crippen LogP contribution in [0.15, 0.2) is 59.4 Å². The van der Waals surface area contributed by atoms with E-state index >= 15 is 0 Å². The highest BCUT2D eigenvalue weighted by molar-refractivity contribution is 7.71. The number of rotatable bonds is 6. The fraction of sp³-hybridized carbons (Fsp3) is 0.125. The maximum absolute atomic E-state index is 13.3. The first-order valence-corrected chi connectivity index (χ1v) is 10.8. The minimum absolute atomic E-state index is 0.153. The van der Waals surface area contributed by atoms with Gasteiger partial charge in [0.15, 0.2) is 4.77 Å². The van der Waals surface area contributed by atoms with Gasteiger partial charge in [-0.15, -0.1) is 0 Å². The van der Waals surface area contributed by atoms with Gasteiger partial charge in [-0.25, -0.2) is 4.57 Å². The van der Waals surface area contributed by atoms with Gasteiger partial charge >= 0.3 is 0 Å². The average molecular weight is 498 g/mol. The lowest BCUT2D eigenvalue weighted by Gasteiger charge is -2.14. The summed E-state index contributed by atoms with van der Waals surface area (Å²) in [4.78, 5) is 29.1. The van der Waals surface area contributed by atoms with Crippen LogP contribution >= 0.6 is 23.8 Å². The summed E-state index contributed by atoms with van der Waals surface area (Å²) in [6, 6.07) is 14.7. The van der Waals surface area contributed by atoms with Crippen LogP contribution in [0.5, 0.6) is 17.2 Å². The second kappa shape index (κ2) is 9.58. The van der Waals surface area contributed by atoms with Crippen LogP contribution in [-0.2, 0) is 0 Å². The van der Waals surface area contributed by atoms with Crippen molar-refractivity contribution in [1.29, 1.82) is 0 Å². The van der Waals surface area contributed by atoms with Crippen molar-refractivity contribution in [3.05, 3.63) is 80.3 Å². The lowest BCUT2D eigenvalue weighted by atomic mass is 10.1. The van der Waals surface area contributed by atoms with E-state index < -0.39 is 0 Å². The molecule has 0 aliphatic heterocycles. The van der Waals surface area contributed by atoms with E-state index in [1.807, 2.05) is 0 Å². The van der Waals surface area contributed by atoms with Crippen molar-refractivity contribution in [2.45, 2.75) is 0 Å². The average Bonchev–Trinajstić information content (AvgIpc) is 2.83. The Morgan fingerprint density at radius 2 is 1.74 bits per heavy atom. The molecule has 1 amide bonds. The number of methoxy groups -OCH3 is 3. The molecule has 0 aliphatic rings. The molecule has 0 saturated carbocycles. The normalized spacial score (nSPS) is 10.7. The molecule has 0 radical (unpaired) electrons. The predicted molar refractivity (Wildman–Crippen MR) is 134 cm³/mol. The number of amides is 1. The van der Waals surface area contributed by atoms with E-state index in [1.165, 1.54) is 18.8 Å². The number of benzene rings is 3. The summed E-state index contributed by atoms with van der Waals surface area (Å²) in [5, 5.41) is 3.51. The number of hydrogen-bond donors (Lipinski definition) is 2. The fourth-order valence-electron chi connectivity index (χ4n) is 3.50. The summed E-state index contributed by atoms with van der Waals surface area (Å²) in [6.07, 6.45) is 0. The number of halogens is 1. The number of aromatic amines is 1. The first-order valence-electron chi connectivity index (χ1n) is 10.0. The van der Waals surface area contributed by atoms with Gasteiger partial charge in [0.05, 0.1) is 42.9 Å². The summed E-state index contributed by atoms with van der Waals surface area (Å²) >= 11 is 11.6. The summed E-state index contributed by atoms with van der Waals surface area (Å²) in [5.41, 5.74) is 1.39. The number of H-pyrrole nitrogens is 1. The van der Waals surface area contributed by atoms with Gasteiger partial charge in [-0.05, 0) is 60.7 Å². The van der Waals surface area contributed by atoms with E-state index in [0.29, 0.717) is 50.1 Å². The molecule has 2 N–H and O–H groups in total. The molecule has 0 bridgehead atoms. The largest absolute Gasteiger partial charge is 0.497 e. The second-order valence-electron chi connectivity index (χ2n) is 7.17. The smallest absolute Gasteiger partial charge is 0.266 e. The van der Waals surface area contributed by atoms with Crippen LogP contribution in [0, 0.1) is 4.77 Å². The summed E-state index contributed by atoms with van der Waals surface area (Å²) < 4.78 is 17.3. The number of hydrogen-bond acceptors (Lipinski definition) is 6. The van der Waals surface area contributed by atoms with Crippen LogP contribution in [0.2, 0.25) is 5.02 Å². The number of fused-ring (bicyclic) bond motifs is 1. The predicted octanol–water partition coefficient (Wildman–Crippen LogP) is 4.98. The van der Waals surface area contributed by atoms with Crippen molar-refractivity contribution in [2.75, 3.05) is 26.6 Å². The molecule has 0 atom stereocenters. The van der Waals surface area contributed by atoms with Gasteiger partial charge in [0.2, 0.25) is 0 Å². The van der Waals surface area contributed by atoms with Crippen molar-refractivity contribution >= 4 is 46.3 Å². The third-order valence-corrected chi connectivity index (χ3v) is 5.78. The number of carbonyl (C=O) groups is 1. The van der Waals surface area contributed by atoms with Gasteiger partial charge in [0.1, 0.15) is 17.2 Å². The Morgan fingerprint density at radius 1 is 0.971 bits per heavy atom. The minimum Gasteiger partial charge on any atom is -0.497 e. The Morgan fingerprint density at radius 3 is 2.41 bits per heavy atom. The van der Waals surface area contributed by atoms with Crippen LogP contribution in [0.4, 0.5) is 5.69 Å². The molecule has 1 heterocycles. The molecule has 3 aromatic carbocycles. The van der Waals surface area contributed by atoms with Crippen LogP contribution in [0.1, 0.15) is 10.4 Å². The van der Waals surface area contributed by atoms with E-state index in [9.17, 15) is 9.59 Å². The van der Waals surface area contributed by atoms with E-state index in [4.69, 9.17) is 38.0 Å². The van der Waals surface area contributed by atoms with Gasteiger partial charge in [0.25, 0.3) is 11.5 Å². The first kappa shape index (κ1) is 23.3. The van der Waals surface area contributed by atoms with Crippen LogP contribution in [-0.4, -0.2) is 36.8 Å². The molecule has 0 spiro atoms. The van der Waals surface area contributed by atoms with Gasteiger partial charge in [-0.2, -0.15) is 0 Å². The second-order valence-corrected chi connectivity index (χ2v) is 7.97. The van der Waals surface area contributed by atoms with Gasteiger partial charge in [-0.1, -0.05) is 11.6 Å². The number of nitrogens with one attached hydrogen (secondary N) is 2. The molecule has 0 unspecified atom stereocenters. The third kappa shape index (κ3) is 4.35. The summed E-state index contributed by atoms with van der Waals surface area (Å²) in [7, 11) is 4.55. The molecule has 0 saturated heterocycles. The molecule has 0 fully saturated rings. The number of nitrogens with zero attached hydrogens (tertiary/aromatic N) is 1. The zero-order chi connectivity index (χ0) is 24.4. The van der Waals surface area contributed by atoms with Crippen molar-refractivity contribution in [3.63, 3.8) is 0 Å². The molecule has 1 aromatic heterocycles. The molecule has 4 aromatic rings. The molecule has 8 nitrogen and oxygen atoms in total. The Hall–Kier alpha value is -3.82. The molecule has 174 valence electrons. The zero-order valence-corrected chi connectivity index (χ0v) is 20.0. The van der Waals surface area contributed by atoms with Gasteiger partial charge in [0, 0.05) is 17.3 Å². The number of aromatic nitrogens is 2. The van der Waals surface area contributed by atoms with Crippen molar-refractivity contribution in [1.82, 2.24) is 9.55 Å². The molecular weight excluding hydrogens is 478 g/mol. The molecule has 4 rings (SSSR count). The first-order chi connectivity index (χ1) is 16.4. The van der Waals surface area contributed by atoms with E-state index in [2.05, 4.69) is 10.3 Å². The third-order valence-electron chi connectivity index (χ3n) is 5.20. The topological polar surface area (TPSA) is 94.6 Å².